The lowest BCUT2D eigenvalue weighted by molar-refractivity contribution is -0.179. The highest BCUT2D eigenvalue weighted by atomic mass is 79.9. The average molecular weight is 326 g/mol. The van der Waals surface area contributed by atoms with Crippen molar-refractivity contribution in [1.29, 1.82) is 0 Å². The van der Waals surface area contributed by atoms with Gasteiger partial charge < -0.3 is 9.88 Å². The first-order valence-electron chi connectivity index (χ1n) is 5.44. The minimum absolute atomic E-state index is 0.0322. The number of hydrogen-bond acceptors (Lipinski definition) is 3. The maximum atomic E-state index is 12.5. The number of halogens is 4. The van der Waals surface area contributed by atoms with Crippen LogP contribution in [-0.2, 0) is 0 Å². The van der Waals surface area contributed by atoms with Gasteiger partial charge in [-0.2, -0.15) is 13.2 Å². The Balaban J connectivity index is 2.11. The third-order valence-electron chi connectivity index (χ3n) is 3.04. The number of rotatable bonds is 1. The molecule has 1 aliphatic rings. The third kappa shape index (κ3) is 2.68. The summed E-state index contributed by atoms with van der Waals surface area (Å²) in [7, 11) is 0. The van der Waals surface area contributed by atoms with E-state index in [0.717, 1.165) is 0 Å². The van der Waals surface area contributed by atoms with Crippen molar-refractivity contribution in [3.63, 3.8) is 0 Å². The van der Waals surface area contributed by atoms with Crippen LogP contribution in [0.2, 0.25) is 0 Å². The van der Waals surface area contributed by atoms with E-state index in [4.69, 9.17) is 0 Å². The van der Waals surface area contributed by atoms with Crippen LogP contribution in [-0.4, -0.2) is 29.2 Å². The number of piperidine rings is 1. The van der Waals surface area contributed by atoms with Crippen molar-refractivity contribution in [1.82, 2.24) is 9.97 Å². The predicted molar refractivity (Wildman–Crippen MR) is 63.5 cm³/mol. The number of aromatic nitrogens is 2. The second kappa shape index (κ2) is 4.91. The molecule has 1 fully saturated rings. The molecular weight excluding hydrogens is 315 g/mol. The highest BCUT2D eigenvalue weighted by Crippen LogP contribution is 2.35. The van der Waals surface area contributed by atoms with Crippen LogP contribution in [0.25, 0.3) is 0 Å². The normalized spacial score (nSPS) is 18.1. The van der Waals surface area contributed by atoms with E-state index in [1.54, 1.807) is 4.90 Å². The molecular formula is C10H11BrF3N3O. The van der Waals surface area contributed by atoms with Gasteiger partial charge in [0.05, 0.1) is 12.2 Å². The summed E-state index contributed by atoms with van der Waals surface area (Å²) in [6.07, 6.45) is -2.82. The van der Waals surface area contributed by atoms with E-state index in [1.165, 1.54) is 6.33 Å². The first-order chi connectivity index (χ1) is 8.39. The second-order valence-corrected chi connectivity index (χ2v) is 4.97. The minimum atomic E-state index is -4.13. The van der Waals surface area contributed by atoms with Crippen LogP contribution in [0.4, 0.5) is 19.0 Å². The van der Waals surface area contributed by atoms with Crippen LogP contribution >= 0.6 is 15.9 Å². The fourth-order valence-corrected chi connectivity index (χ4v) is 2.48. The van der Waals surface area contributed by atoms with Gasteiger partial charge in [-0.15, -0.1) is 0 Å². The number of nitrogens with zero attached hydrogens (tertiary/aromatic N) is 2. The molecule has 0 amide bonds. The summed E-state index contributed by atoms with van der Waals surface area (Å²) >= 11 is 3.10. The average Bonchev–Trinajstić information content (AvgIpc) is 2.32. The fourth-order valence-electron chi connectivity index (χ4n) is 2.01. The van der Waals surface area contributed by atoms with Crippen molar-refractivity contribution < 1.29 is 13.2 Å². The Hall–Kier alpha value is -1.05. The number of aromatic amines is 1. The van der Waals surface area contributed by atoms with Gasteiger partial charge in [-0.1, -0.05) is 0 Å². The van der Waals surface area contributed by atoms with Crippen LogP contribution in [0.1, 0.15) is 12.8 Å². The molecule has 1 N–H and O–H groups in total. The van der Waals surface area contributed by atoms with Crippen LogP contribution in [0.15, 0.2) is 15.6 Å². The predicted octanol–water partition coefficient (Wildman–Crippen LogP) is 2.31. The summed E-state index contributed by atoms with van der Waals surface area (Å²) in [5, 5.41) is 0. The van der Waals surface area contributed by atoms with Crippen LogP contribution in [0, 0.1) is 5.92 Å². The molecule has 0 bridgehead atoms. The summed E-state index contributed by atoms with van der Waals surface area (Å²) in [5.41, 5.74) is -0.335. The molecule has 0 spiro atoms. The summed E-state index contributed by atoms with van der Waals surface area (Å²) in [4.78, 5) is 19.4. The van der Waals surface area contributed by atoms with Crippen LogP contribution in [0.3, 0.4) is 0 Å². The summed E-state index contributed by atoms with van der Waals surface area (Å²) in [6, 6.07) is 0. The quantitative estimate of drug-likeness (QED) is 0.862. The van der Waals surface area contributed by atoms with E-state index in [1.807, 2.05) is 0 Å². The van der Waals surface area contributed by atoms with Gasteiger partial charge in [0.1, 0.15) is 10.3 Å². The molecule has 0 aliphatic carbocycles. The van der Waals surface area contributed by atoms with E-state index in [-0.39, 0.29) is 36.0 Å². The molecule has 0 aromatic carbocycles. The molecule has 1 aliphatic heterocycles. The van der Waals surface area contributed by atoms with Crippen molar-refractivity contribution in [3.05, 3.63) is 21.2 Å². The van der Waals surface area contributed by atoms with Crippen LogP contribution in [0.5, 0.6) is 0 Å². The first kappa shape index (κ1) is 13.4. The largest absolute Gasteiger partial charge is 0.391 e. The fraction of sp³-hybridized carbons (Fsp3) is 0.600. The minimum Gasteiger partial charge on any atom is -0.355 e. The van der Waals surface area contributed by atoms with Crippen molar-refractivity contribution in [3.8, 4) is 0 Å². The highest BCUT2D eigenvalue weighted by Gasteiger charge is 2.41. The van der Waals surface area contributed by atoms with Gasteiger partial charge in [-0.05, 0) is 28.8 Å². The van der Waals surface area contributed by atoms with Crippen molar-refractivity contribution in [2.75, 3.05) is 18.0 Å². The summed E-state index contributed by atoms with van der Waals surface area (Å²) < 4.78 is 37.8. The van der Waals surface area contributed by atoms with Gasteiger partial charge in [0.2, 0.25) is 0 Å². The van der Waals surface area contributed by atoms with Gasteiger partial charge in [0.25, 0.3) is 5.56 Å². The molecule has 0 saturated carbocycles. The molecule has 0 unspecified atom stereocenters. The molecule has 2 heterocycles. The Morgan fingerprint density at radius 2 is 2.00 bits per heavy atom. The van der Waals surface area contributed by atoms with Gasteiger partial charge >= 0.3 is 6.18 Å². The van der Waals surface area contributed by atoms with Crippen molar-refractivity contribution in [2.24, 2.45) is 5.92 Å². The van der Waals surface area contributed by atoms with Gasteiger partial charge in [0.15, 0.2) is 0 Å². The molecule has 0 atom stereocenters. The zero-order valence-corrected chi connectivity index (χ0v) is 10.9. The lowest BCUT2D eigenvalue weighted by Crippen LogP contribution is -2.40. The molecule has 18 heavy (non-hydrogen) atoms. The molecule has 1 aromatic rings. The van der Waals surface area contributed by atoms with Gasteiger partial charge in [0, 0.05) is 13.1 Å². The Kier molecular flexibility index (Phi) is 3.65. The lowest BCUT2D eigenvalue weighted by Gasteiger charge is -2.33. The zero-order chi connectivity index (χ0) is 13.3. The van der Waals surface area contributed by atoms with Crippen molar-refractivity contribution in [2.45, 2.75) is 19.0 Å². The Labute approximate surface area is 109 Å². The Bertz CT molecular complexity index is 480. The molecule has 2 rings (SSSR count). The third-order valence-corrected chi connectivity index (χ3v) is 3.75. The standard InChI is InChI=1S/C10H11BrF3N3O/c11-7-8(15-5-16-9(7)18)17-3-1-6(2-4-17)10(12,13)14/h5-6H,1-4H2,(H,15,16,18). The summed E-state index contributed by atoms with van der Waals surface area (Å²) in [6.45, 7) is 0.498. The highest BCUT2D eigenvalue weighted by molar-refractivity contribution is 9.10. The number of H-pyrrole nitrogens is 1. The van der Waals surface area contributed by atoms with E-state index in [9.17, 15) is 18.0 Å². The Morgan fingerprint density at radius 1 is 1.39 bits per heavy atom. The molecule has 1 aromatic heterocycles. The maximum absolute atomic E-state index is 12.5. The van der Waals surface area contributed by atoms with E-state index < -0.39 is 12.1 Å². The first-order valence-corrected chi connectivity index (χ1v) is 6.23. The maximum Gasteiger partial charge on any atom is 0.391 e. The molecule has 1 saturated heterocycles. The van der Waals surface area contributed by atoms with E-state index >= 15 is 0 Å². The smallest absolute Gasteiger partial charge is 0.355 e. The van der Waals surface area contributed by atoms with Gasteiger partial charge in [-0.25, -0.2) is 4.98 Å². The van der Waals surface area contributed by atoms with E-state index in [0.29, 0.717) is 5.82 Å². The number of alkyl halides is 3. The lowest BCUT2D eigenvalue weighted by atomic mass is 9.96. The van der Waals surface area contributed by atoms with Crippen LogP contribution < -0.4 is 10.5 Å². The topological polar surface area (TPSA) is 49.0 Å². The van der Waals surface area contributed by atoms with Gasteiger partial charge in [-0.3, -0.25) is 4.79 Å². The summed E-state index contributed by atoms with van der Waals surface area (Å²) in [5.74, 6) is -0.853. The van der Waals surface area contributed by atoms with E-state index in [2.05, 4.69) is 25.9 Å². The molecule has 0 radical (unpaired) electrons. The number of anilines is 1. The SMILES string of the molecule is O=c1[nH]cnc(N2CCC(C(F)(F)F)CC2)c1Br. The Morgan fingerprint density at radius 3 is 2.56 bits per heavy atom. The number of nitrogens with one attached hydrogen (secondary N) is 1. The monoisotopic (exact) mass is 325 g/mol. The zero-order valence-electron chi connectivity index (χ0n) is 9.30. The second-order valence-electron chi connectivity index (χ2n) is 4.17. The number of hydrogen-bond donors (Lipinski definition) is 1. The molecule has 8 heteroatoms. The molecule has 4 nitrogen and oxygen atoms in total. The van der Waals surface area contributed by atoms with Crippen molar-refractivity contribution >= 4 is 21.7 Å². The molecule has 100 valence electrons.